The Morgan fingerprint density at radius 2 is 1.95 bits per heavy atom. The molecule has 0 aromatic heterocycles. The lowest BCUT2D eigenvalue weighted by molar-refractivity contribution is 0.340. The van der Waals surface area contributed by atoms with Crippen LogP contribution in [0.4, 0.5) is 11.4 Å². The molecule has 0 aliphatic rings. The Morgan fingerprint density at radius 1 is 1.16 bits per heavy atom. The van der Waals surface area contributed by atoms with Crippen molar-refractivity contribution in [1.29, 1.82) is 5.26 Å². The minimum Gasteiger partial charge on any atom is -0.494 e. The Bertz CT molecular complexity index is 614. The molecule has 2 aromatic rings. The van der Waals surface area contributed by atoms with Crippen LogP contribution < -0.4 is 10.1 Å². The van der Waals surface area contributed by atoms with Gasteiger partial charge in [0.15, 0.2) is 0 Å². The first kappa shape index (κ1) is 13.0. The Kier molecular flexibility index (Phi) is 4.04. The quantitative estimate of drug-likeness (QED) is 0.894. The predicted molar refractivity (Wildman–Crippen MR) is 76.8 cm³/mol. The highest BCUT2D eigenvalue weighted by molar-refractivity contribution is 5.63. The lowest BCUT2D eigenvalue weighted by atomic mass is 10.1. The normalized spacial score (nSPS) is 9.74. The second-order valence-corrected chi connectivity index (χ2v) is 4.23. The Hall–Kier alpha value is -2.47. The van der Waals surface area contributed by atoms with Crippen molar-refractivity contribution < 1.29 is 4.74 Å². The highest BCUT2D eigenvalue weighted by atomic mass is 16.5. The maximum absolute atomic E-state index is 8.91. The molecule has 1 N–H and O–H groups in total. The van der Waals surface area contributed by atoms with Gasteiger partial charge in [0.25, 0.3) is 0 Å². The zero-order chi connectivity index (χ0) is 13.7. The van der Waals surface area contributed by atoms with Crippen LogP contribution >= 0.6 is 0 Å². The fourth-order valence-electron chi connectivity index (χ4n) is 1.86. The van der Waals surface area contributed by atoms with Crippen LogP contribution in [0.15, 0.2) is 42.5 Å². The molecule has 0 unspecified atom stereocenters. The van der Waals surface area contributed by atoms with Gasteiger partial charge in [0, 0.05) is 17.4 Å². The van der Waals surface area contributed by atoms with Crippen LogP contribution in [-0.2, 0) is 0 Å². The van der Waals surface area contributed by atoms with Gasteiger partial charge in [0.05, 0.1) is 18.2 Å². The lowest BCUT2D eigenvalue weighted by Gasteiger charge is -2.10. The fraction of sp³-hybridized carbons (Fsp3) is 0.188. The summed E-state index contributed by atoms with van der Waals surface area (Å²) in [4.78, 5) is 0. The molecule has 0 atom stereocenters. The molecule has 0 spiro atoms. The summed E-state index contributed by atoms with van der Waals surface area (Å²) in [5, 5.41) is 12.2. The van der Waals surface area contributed by atoms with Gasteiger partial charge in [-0.1, -0.05) is 6.07 Å². The third kappa shape index (κ3) is 3.26. The standard InChI is InChI=1S/C16H16N2O/c1-3-19-16-6-4-5-14(10-16)18-15-8-7-13(11-17)12(2)9-15/h4-10,18H,3H2,1-2H3. The average molecular weight is 252 g/mol. The first-order chi connectivity index (χ1) is 9.22. The van der Waals surface area contributed by atoms with E-state index in [0.29, 0.717) is 12.2 Å². The van der Waals surface area contributed by atoms with Gasteiger partial charge in [0.2, 0.25) is 0 Å². The molecule has 96 valence electrons. The van der Waals surface area contributed by atoms with Crippen molar-refractivity contribution >= 4 is 11.4 Å². The molecule has 2 aromatic carbocycles. The van der Waals surface area contributed by atoms with E-state index in [4.69, 9.17) is 10.00 Å². The van der Waals surface area contributed by atoms with Crippen LogP contribution in [0.1, 0.15) is 18.1 Å². The molecular weight excluding hydrogens is 236 g/mol. The van der Waals surface area contributed by atoms with Crippen LogP contribution in [0.25, 0.3) is 0 Å². The molecule has 2 rings (SSSR count). The third-order valence-corrected chi connectivity index (χ3v) is 2.78. The van der Waals surface area contributed by atoms with Crippen molar-refractivity contribution in [2.45, 2.75) is 13.8 Å². The van der Waals surface area contributed by atoms with Crippen molar-refractivity contribution in [3.63, 3.8) is 0 Å². The summed E-state index contributed by atoms with van der Waals surface area (Å²) < 4.78 is 5.46. The monoisotopic (exact) mass is 252 g/mol. The predicted octanol–water partition coefficient (Wildman–Crippen LogP) is 4.01. The zero-order valence-corrected chi connectivity index (χ0v) is 11.1. The zero-order valence-electron chi connectivity index (χ0n) is 11.1. The van der Waals surface area contributed by atoms with Gasteiger partial charge in [-0.2, -0.15) is 5.26 Å². The van der Waals surface area contributed by atoms with E-state index in [1.165, 1.54) is 0 Å². The molecule has 0 aliphatic heterocycles. The van der Waals surface area contributed by atoms with Gasteiger partial charge in [-0.25, -0.2) is 0 Å². The van der Waals surface area contributed by atoms with E-state index in [1.807, 2.05) is 56.3 Å². The summed E-state index contributed by atoms with van der Waals surface area (Å²) >= 11 is 0. The van der Waals surface area contributed by atoms with Crippen LogP contribution in [0.2, 0.25) is 0 Å². The second-order valence-electron chi connectivity index (χ2n) is 4.23. The third-order valence-electron chi connectivity index (χ3n) is 2.78. The number of rotatable bonds is 4. The minimum atomic E-state index is 0.652. The van der Waals surface area contributed by atoms with Crippen LogP contribution in [0.5, 0.6) is 5.75 Å². The number of nitrogens with one attached hydrogen (secondary N) is 1. The summed E-state index contributed by atoms with van der Waals surface area (Å²) in [5.74, 6) is 0.845. The number of nitriles is 1. The number of anilines is 2. The topological polar surface area (TPSA) is 45.0 Å². The van der Waals surface area contributed by atoms with Crippen molar-refractivity contribution in [1.82, 2.24) is 0 Å². The largest absolute Gasteiger partial charge is 0.494 e. The van der Waals surface area contributed by atoms with E-state index < -0.39 is 0 Å². The molecule has 3 heteroatoms. The van der Waals surface area contributed by atoms with Crippen LogP contribution in [0, 0.1) is 18.3 Å². The summed E-state index contributed by atoms with van der Waals surface area (Å²) in [6, 6.07) is 15.7. The molecule has 0 amide bonds. The Balaban J connectivity index is 2.19. The Morgan fingerprint density at radius 3 is 2.63 bits per heavy atom. The van der Waals surface area contributed by atoms with Gasteiger partial charge in [0.1, 0.15) is 5.75 Å². The molecule has 0 fully saturated rings. The Labute approximate surface area is 113 Å². The second kappa shape index (κ2) is 5.92. The molecule has 0 saturated heterocycles. The first-order valence-electron chi connectivity index (χ1n) is 6.23. The molecule has 3 nitrogen and oxygen atoms in total. The molecule has 0 saturated carbocycles. The number of hydrogen-bond acceptors (Lipinski definition) is 3. The van der Waals surface area contributed by atoms with E-state index >= 15 is 0 Å². The fourth-order valence-corrected chi connectivity index (χ4v) is 1.86. The summed E-state index contributed by atoms with van der Waals surface area (Å²) in [7, 11) is 0. The summed E-state index contributed by atoms with van der Waals surface area (Å²) in [6.07, 6.45) is 0. The van der Waals surface area contributed by atoms with Crippen molar-refractivity contribution in [2.24, 2.45) is 0 Å². The number of aryl methyl sites for hydroxylation is 1. The number of benzene rings is 2. The SMILES string of the molecule is CCOc1cccc(Nc2ccc(C#N)c(C)c2)c1. The van der Waals surface area contributed by atoms with Crippen LogP contribution in [0.3, 0.4) is 0 Å². The van der Waals surface area contributed by atoms with Gasteiger partial charge in [-0.3, -0.25) is 0 Å². The van der Waals surface area contributed by atoms with Crippen molar-refractivity contribution in [3.8, 4) is 11.8 Å². The maximum atomic E-state index is 8.91. The van der Waals surface area contributed by atoms with E-state index in [2.05, 4.69) is 11.4 Å². The van der Waals surface area contributed by atoms with E-state index in [1.54, 1.807) is 0 Å². The minimum absolute atomic E-state index is 0.652. The number of ether oxygens (including phenoxy) is 1. The van der Waals surface area contributed by atoms with E-state index in [0.717, 1.165) is 22.7 Å². The van der Waals surface area contributed by atoms with Crippen molar-refractivity contribution in [3.05, 3.63) is 53.6 Å². The van der Waals surface area contributed by atoms with E-state index in [-0.39, 0.29) is 0 Å². The van der Waals surface area contributed by atoms with Gasteiger partial charge in [-0.15, -0.1) is 0 Å². The van der Waals surface area contributed by atoms with Crippen molar-refractivity contribution in [2.75, 3.05) is 11.9 Å². The molecule has 0 bridgehead atoms. The molecule has 0 radical (unpaired) electrons. The first-order valence-corrected chi connectivity index (χ1v) is 6.23. The molecule has 19 heavy (non-hydrogen) atoms. The number of hydrogen-bond donors (Lipinski definition) is 1. The average Bonchev–Trinajstić information content (AvgIpc) is 2.40. The van der Waals surface area contributed by atoms with Gasteiger partial charge in [-0.05, 0) is 49.7 Å². The number of nitrogens with zero attached hydrogens (tertiary/aromatic N) is 1. The highest BCUT2D eigenvalue weighted by Gasteiger charge is 2.01. The summed E-state index contributed by atoms with van der Waals surface area (Å²) in [6.45, 7) is 4.55. The highest BCUT2D eigenvalue weighted by Crippen LogP contribution is 2.23. The maximum Gasteiger partial charge on any atom is 0.121 e. The lowest BCUT2D eigenvalue weighted by Crippen LogP contribution is -1.94. The van der Waals surface area contributed by atoms with Crippen LogP contribution in [-0.4, -0.2) is 6.61 Å². The van der Waals surface area contributed by atoms with Gasteiger partial charge < -0.3 is 10.1 Å². The molecule has 0 heterocycles. The van der Waals surface area contributed by atoms with Gasteiger partial charge >= 0.3 is 0 Å². The smallest absolute Gasteiger partial charge is 0.121 e. The molecule has 0 aliphatic carbocycles. The van der Waals surface area contributed by atoms with E-state index in [9.17, 15) is 0 Å². The summed E-state index contributed by atoms with van der Waals surface area (Å²) in [5.41, 5.74) is 3.60. The molecular formula is C16H16N2O.